The zero-order valence-corrected chi connectivity index (χ0v) is 17.9. The van der Waals surface area contributed by atoms with Gasteiger partial charge >= 0.3 is 68.9 Å². The number of hydrogen-bond donors (Lipinski definition) is 1. The number of quaternary nitrogens is 1. The minimum absolute atomic E-state index is 0. The minimum Gasteiger partial charge on any atom is -1.00 e. The molecule has 3 N–H and O–H groups in total. The van der Waals surface area contributed by atoms with E-state index in [0.29, 0.717) is 0 Å². The van der Waals surface area contributed by atoms with Gasteiger partial charge in [0.05, 0.1) is 6.54 Å². The smallest absolute Gasteiger partial charge is 1.00 e. The Bertz CT molecular complexity index is 170. The van der Waals surface area contributed by atoms with Crippen molar-refractivity contribution in [1.82, 2.24) is 0 Å². The summed E-state index contributed by atoms with van der Waals surface area (Å²) in [6.07, 6.45) is 1.10. The zero-order chi connectivity index (χ0) is 6.53. The molecule has 1 aromatic carbocycles. The normalized spacial score (nSPS) is 7.08. The fourth-order valence-electron chi connectivity index (χ4n) is 0.849. The molecule has 0 heterocycles. The third-order valence-corrected chi connectivity index (χ3v) is 1.31. The minimum atomic E-state index is 0. The fourth-order valence-corrected chi connectivity index (χ4v) is 0.849. The summed E-state index contributed by atoms with van der Waals surface area (Å²) in [5.41, 5.74) is 5.16. The van der Waals surface area contributed by atoms with Crippen molar-refractivity contribution in [1.29, 1.82) is 0 Å². The second kappa shape index (κ2) is 13.7. The second-order valence-corrected chi connectivity index (χ2v) is 2.09. The van der Waals surface area contributed by atoms with E-state index in [2.05, 4.69) is 30.0 Å². The molecule has 0 aliphatic heterocycles. The molecule has 0 saturated carbocycles. The van der Waals surface area contributed by atoms with Crippen molar-refractivity contribution in [3.8, 4) is 0 Å². The molecule has 12 heavy (non-hydrogen) atoms. The topological polar surface area (TPSA) is 27.6 Å². The molecule has 4 heteroatoms. The first-order chi connectivity index (χ1) is 4.43. The zero-order valence-electron chi connectivity index (χ0n) is 7.26. The maximum atomic E-state index is 3.78. The van der Waals surface area contributed by atoms with Crippen LogP contribution in [0.4, 0.5) is 0 Å². The monoisotopic (exact) mass is 509 g/mol. The van der Waals surface area contributed by atoms with E-state index in [-0.39, 0.29) is 117 Å². The van der Waals surface area contributed by atoms with E-state index < -0.39 is 0 Å². The fraction of sp³-hybridized carbons (Fsp3) is 0.250. The molecule has 1 rings (SSSR count). The van der Waals surface area contributed by atoms with Gasteiger partial charge in [-0.1, -0.05) is 30.3 Å². The van der Waals surface area contributed by atoms with Gasteiger partial charge in [-0.2, -0.15) is 0 Å². The molecular weight excluding hydrogens is 497 g/mol. The predicted octanol–water partition coefficient (Wildman–Crippen LogP) is -8.52. The van der Waals surface area contributed by atoms with E-state index in [1.165, 1.54) is 5.56 Å². The van der Waals surface area contributed by atoms with Gasteiger partial charge in [-0.15, -0.1) is 0 Å². The van der Waals surface area contributed by atoms with Crippen molar-refractivity contribution in [3.05, 3.63) is 35.9 Å². The second-order valence-electron chi connectivity index (χ2n) is 2.09. The Hall–Kier alpha value is 2.69. The summed E-state index contributed by atoms with van der Waals surface area (Å²) < 4.78 is 0. The van der Waals surface area contributed by atoms with Gasteiger partial charge in [0.15, 0.2) is 0 Å². The van der Waals surface area contributed by atoms with Gasteiger partial charge in [-0.3, -0.25) is 0 Å². The molecule has 0 aliphatic rings. The summed E-state index contributed by atoms with van der Waals surface area (Å²) in [7, 11) is 0. The van der Waals surface area contributed by atoms with Crippen LogP contribution < -0.4 is 123 Å². The molecule has 0 radical (unpaired) electrons. The number of rotatable bonds is 2. The van der Waals surface area contributed by atoms with Crippen LogP contribution in [-0.4, -0.2) is 6.54 Å². The van der Waals surface area contributed by atoms with Gasteiger partial charge in [-0.05, 0) is 5.56 Å². The van der Waals surface area contributed by atoms with Gasteiger partial charge in [0, 0.05) is 6.42 Å². The first-order valence-corrected chi connectivity index (χ1v) is 3.26. The average molecular weight is 509 g/mol. The third kappa shape index (κ3) is 9.25. The Morgan fingerprint density at radius 3 is 1.92 bits per heavy atom. The Labute approximate surface area is 167 Å². The van der Waals surface area contributed by atoms with E-state index in [1.54, 1.807) is 0 Å². The summed E-state index contributed by atoms with van der Waals surface area (Å²) >= 11 is 0. The molecular formula is C8H12CsI2N. The van der Waals surface area contributed by atoms with E-state index in [0.717, 1.165) is 13.0 Å². The number of benzene rings is 1. The van der Waals surface area contributed by atoms with E-state index >= 15 is 0 Å². The molecule has 1 aromatic rings. The Morgan fingerprint density at radius 2 is 1.50 bits per heavy atom. The van der Waals surface area contributed by atoms with Crippen molar-refractivity contribution in [2.24, 2.45) is 0 Å². The average Bonchev–Trinajstić information content (AvgIpc) is 1.91. The molecule has 0 bridgehead atoms. The summed E-state index contributed by atoms with van der Waals surface area (Å²) in [5.74, 6) is 0. The summed E-state index contributed by atoms with van der Waals surface area (Å²) in [4.78, 5) is 0. The van der Waals surface area contributed by atoms with E-state index in [1.807, 2.05) is 6.07 Å². The van der Waals surface area contributed by atoms with Crippen LogP contribution in [0.15, 0.2) is 30.3 Å². The number of hydrogen-bond acceptors (Lipinski definition) is 0. The van der Waals surface area contributed by atoms with Crippen LogP contribution >= 0.6 is 0 Å². The van der Waals surface area contributed by atoms with Gasteiger partial charge in [0.1, 0.15) is 0 Å². The largest absolute Gasteiger partial charge is 1.00 e. The maximum Gasteiger partial charge on any atom is 1.00 e. The predicted molar refractivity (Wildman–Crippen MR) is 37.9 cm³/mol. The Balaban J connectivity index is -0.000000270. The summed E-state index contributed by atoms with van der Waals surface area (Å²) in [6, 6.07) is 10.4. The SMILES string of the molecule is [Cs+].[I-].[I-].[NH3+]CCc1ccccc1. The maximum absolute atomic E-state index is 3.78. The molecule has 64 valence electrons. The summed E-state index contributed by atoms with van der Waals surface area (Å²) in [6.45, 7) is 0.990. The number of halogens is 2. The van der Waals surface area contributed by atoms with Crippen LogP contribution in [0.25, 0.3) is 0 Å². The van der Waals surface area contributed by atoms with Crippen LogP contribution in [0, 0.1) is 0 Å². The van der Waals surface area contributed by atoms with Crippen molar-refractivity contribution in [2.45, 2.75) is 6.42 Å². The summed E-state index contributed by atoms with van der Waals surface area (Å²) in [5, 5.41) is 0. The van der Waals surface area contributed by atoms with E-state index in [4.69, 9.17) is 0 Å². The Morgan fingerprint density at radius 1 is 1.00 bits per heavy atom. The van der Waals surface area contributed by atoms with E-state index in [9.17, 15) is 0 Å². The molecule has 0 fully saturated rings. The van der Waals surface area contributed by atoms with Crippen LogP contribution in [0.3, 0.4) is 0 Å². The standard InChI is InChI=1S/C8H11N.Cs.2HI/c9-7-6-8-4-2-1-3-5-8;;;/h1-5H,6-7,9H2;;2*1H/q;+1;;/p-1. The molecule has 0 unspecified atom stereocenters. The molecule has 0 atom stereocenters. The molecule has 0 aromatic heterocycles. The molecule has 1 nitrogen and oxygen atoms in total. The van der Waals surface area contributed by atoms with Crippen molar-refractivity contribution >= 4 is 0 Å². The van der Waals surface area contributed by atoms with Crippen molar-refractivity contribution < 1.29 is 123 Å². The van der Waals surface area contributed by atoms with Gasteiger partial charge in [0.2, 0.25) is 0 Å². The van der Waals surface area contributed by atoms with Gasteiger partial charge < -0.3 is 53.7 Å². The van der Waals surface area contributed by atoms with Crippen molar-refractivity contribution in [3.63, 3.8) is 0 Å². The quantitative estimate of drug-likeness (QED) is 0.385. The van der Waals surface area contributed by atoms with Crippen LogP contribution in [-0.2, 0) is 6.42 Å². The van der Waals surface area contributed by atoms with Gasteiger partial charge in [-0.25, -0.2) is 0 Å². The molecule has 0 saturated heterocycles. The molecule has 0 spiro atoms. The van der Waals surface area contributed by atoms with Crippen LogP contribution in [0.2, 0.25) is 0 Å². The molecule has 0 amide bonds. The van der Waals surface area contributed by atoms with Crippen LogP contribution in [0.5, 0.6) is 0 Å². The first kappa shape index (κ1) is 20.1. The molecule has 0 aliphatic carbocycles. The third-order valence-electron chi connectivity index (χ3n) is 1.31. The first-order valence-electron chi connectivity index (χ1n) is 3.26. The van der Waals surface area contributed by atoms with Crippen LogP contribution in [0.1, 0.15) is 5.56 Å². The van der Waals surface area contributed by atoms with Crippen molar-refractivity contribution in [2.75, 3.05) is 6.54 Å². The van der Waals surface area contributed by atoms with Gasteiger partial charge in [0.25, 0.3) is 0 Å². The Kier molecular flexibility index (Phi) is 23.0.